The van der Waals surface area contributed by atoms with Crippen molar-refractivity contribution in [1.29, 1.82) is 0 Å². The third-order valence-electron chi connectivity index (χ3n) is 2.68. The topological polar surface area (TPSA) is 33.3 Å². The van der Waals surface area contributed by atoms with E-state index in [9.17, 15) is 0 Å². The summed E-state index contributed by atoms with van der Waals surface area (Å²) in [6.07, 6.45) is 0.941. The molecule has 0 aromatic heterocycles. The zero-order chi connectivity index (χ0) is 12.3. The number of hydrogen-bond donors (Lipinski definition) is 2. The second kappa shape index (κ2) is 5.36. The van der Waals surface area contributed by atoms with E-state index in [1.165, 1.54) is 5.56 Å². The van der Waals surface area contributed by atoms with Gasteiger partial charge in [0.05, 0.1) is 12.6 Å². The fraction of sp³-hybridized carbons (Fsp3) is 0.462. The summed E-state index contributed by atoms with van der Waals surface area (Å²) in [5.74, 6) is 0.962. The lowest BCUT2D eigenvalue weighted by molar-refractivity contribution is 0.262. The van der Waals surface area contributed by atoms with E-state index < -0.39 is 0 Å². The van der Waals surface area contributed by atoms with Crippen LogP contribution in [-0.2, 0) is 0 Å². The first kappa shape index (κ1) is 12.2. The Bertz CT molecular complexity index is 406. The molecule has 0 spiro atoms. The van der Waals surface area contributed by atoms with Crippen LogP contribution in [-0.4, -0.2) is 17.8 Å². The molecule has 0 radical (unpaired) electrons. The van der Waals surface area contributed by atoms with E-state index in [0.29, 0.717) is 11.2 Å². The minimum Gasteiger partial charge on any atom is -0.493 e. The highest BCUT2D eigenvalue weighted by Gasteiger charge is 2.21. The van der Waals surface area contributed by atoms with Gasteiger partial charge < -0.3 is 15.4 Å². The highest BCUT2D eigenvalue weighted by molar-refractivity contribution is 7.80. The first-order valence-electron chi connectivity index (χ1n) is 5.95. The van der Waals surface area contributed by atoms with Gasteiger partial charge in [-0.25, -0.2) is 0 Å². The molecule has 0 amide bonds. The second-order valence-corrected chi connectivity index (χ2v) is 4.91. The number of hydrogen-bond acceptors (Lipinski definition) is 2. The van der Waals surface area contributed by atoms with Gasteiger partial charge in [-0.1, -0.05) is 18.2 Å². The molecule has 0 fully saturated rings. The Morgan fingerprint density at radius 2 is 2.18 bits per heavy atom. The SMILES string of the molecule is CC(C)NC(=S)NC1CCOc2ccccc21. The van der Waals surface area contributed by atoms with Crippen LogP contribution >= 0.6 is 12.2 Å². The molecule has 2 N–H and O–H groups in total. The first-order chi connectivity index (χ1) is 8.16. The molecule has 0 saturated carbocycles. The number of benzene rings is 1. The summed E-state index contributed by atoms with van der Waals surface area (Å²) < 4.78 is 5.61. The fourth-order valence-corrected chi connectivity index (χ4v) is 2.33. The lowest BCUT2D eigenvalue weighted by Gasteiger charge is -2.28. The van der Waals surface area contributed by atoms with Crippen molar-refractivity contribution in [3.63, 3.8) is 0 Å². The van der Waals surface area contributed by atoms with Crippen LogP contribution in [0, 0.1) is 0 Å². The van der Waals surface area contributed by atoms with Crippen LogP contribution < -0.4 is 15.4 Å². The van der Waals surface area contributed by atoms with E-state index in [1.807, 2.05) is 18.2 Å². The number of nitrogens with one attached hydrogen (secondary N) is 2. The van der Waals surface area contributed by atoms with Gasteiger partial charge in [0, 0.05) is 18.0 Å². The molecule has 1 aliphatic heterocycles. The van der Waals surface area contributed by atoms with Gasteiger partial charge in [0.15, 0.2) is 5.11 Å². The number of rotatable bonds is 2. The maximum Gasteiger partial charge on any atom is 0.166 e. The van der Waals surface area contributed by atoms with Gasteiger partial charge in [0.2, 0.25) is 0 Å². The van der Waals surface area contributed by atoms with Gasteiger partial charge in [-0.3, -0.25) is 0 Å². The normalized spacial score (nSPS) is 18.2. The largest absolute Gasteiger partial charge is 0.493 e. The average Bonchev–Trinajstić information content (AvgIpc) is 2.28. The summed E-state index contributed by atoms with van der Waals surface area (Å²) in [5.41, 5.74) is 1.19. The number of ether oxygens (including phenoxy) is 1. The lowest BCUT2D eigenvalue weighted by atomic mass is 10.0. The van der Waals surface area contributed by atoms with E-state index in [0.717, 1.165) is 18.8 Å². The standard InChI is InChI=1S/C13H18N2OS/c1-9(2)14-13(17)15-11-7-8-16-12-6-4-3-5-10(11)12/h3-6,9,11H,7-8H2,1-2H3,(H2,14,15,17). The number of fused-ring (bicyclic) bond motifs is 1. The lowest BCUT2D eigenvalue weighted by Crippen LogP contribution is -2.42. The summed E-state index contributed by atoms with van der Waals surface area (Å²) in [7, 11) is 0. The van der Waals surface area contributed by atoms with Crippen LogP contribution in [0.4, 0.5) is 0 Å². The molecule has 3 nitrogen and oxygen atoms in total. The molecule has 92 valence electrons. The second-order valence-electron chi connectivity index (χ2n) is 4.50. The van der Waals surface area contributed by atoms with Gasteiger partial charge in [-0.05, 0) is 32.1 Å². The third kappa shape index (κ3) is 3.09. The Balaban J connectivity index is 2.06. The van der Waals surface area contributed by atoms with Gasteiger partial charge >= 0.3 is 0 Å². The zero-order valence-corrected chi connectivity index (χ0v) is 11.0. The minimum atomic E-state index is 0.249. The van der Waals surface area contributed by atoms with Crippen LogP contribution in [0.5, 0.6) is 5.75 Å². The molecule has 1 aliphatic rings. The Morgan fingerprint density at radius 1 is 1.41 bits per heavy atom. The van der Waals surface area contributed by atoms with Crippen molar-refractivity contribution in [3.8, 4) is 5.75 Å². The highest BCUT2D eigenvalue weighted by Crippen LogP contribution is 2.31. The molecule has 0 saturated heterocycles. The molecule has 0 bridgehead atoms. The zero-order valence-electron chi connectivity index (χ0n) is 10.2. The van der Waals surface area contributed by atoms with Crippen molar-refractivity contribution < 1.29 is 4.74 Å². The molecule has 1 aromatic carbocycles. The molecule has 1 heterocycles. The van der Waals surface area contributed by atoms with E-state index in [-0.39, 0.29) is 6.04 Å². The molecule has 17 heavy (non-hydrogen) atoms. The van der Waals surface area contributed by atoms with Crippen molar-refractivity contribution in [2.45, 2.75) is 32.4 Å². The maximum atomic E-state index is 5.61. The van der Waals surface area contributed by atoms with Gasteiger partial charge in [0.25, 0.3) is 0 Å². The van der Waals surface area contributed by atoms with Crippen LogP contribution in [0.1, 0.15) is 31.9 Å². The molecule has 1 unspecified atom stereocenters. The Hall–Kier alpha value is -1.29. The van der Waals surface area contributed by atoms with Gasteiger partial charge in [-0.15, -0.1) is 0 Å². The van der Waals surface area contributed by atoms with Crippen molar-refractivity contribution >= 4 is 17.3 Å². The predicted molar refractivity (Wildman–Crippen MR) is 73.3 cm³/mol. The summed E-state index contributed by atoms with van der Waals surface area (Å²) in [6.45, 7) is 4.89. The van der Waals surface area contributed by atoms with Gasteiger partial charge in [0.1, 0.15) is 5.75 Å². The predicted octanol–water partition coefficient (Wildman–Crippen LogP) is 2.38. The van der Waals surface area contributed by atoms with E-state index in [1.54, 1.807) is 0 Å². The molecule has 1 aromatic rings. The Kier molecular flexibility index (Phi) is 3.84. The monoisotopic (exact) mass is 250 g/mol. The summed E-state index contributed by atoms with van der Waals surface area (Å²) >= 11 is 5.28. The van der Waals surface area contributed by atoms with E-state index in [2.05, 4.69) is 30.5 Å². The van der Waals surface area contributed by atoms with Crippen LogP contribution in [0.3, 0.4) is 0 Å². The third-order valence-corrected chi connectivity index (χ3v) is 2.92. The van der Waals surface area contributed by atoms with Gasteiger partial charge in [-0.2, -0.15) is 0 Å². The fourth-order valence-electron chi connectivity index (χ4n) is 1.95. The molecule has 2 rings (SSSR count). The summed E-state index contributed by atoms with van der Waals surface area (Å²) in [4.78, 5) is 0. The van der Waals surface area contributed by atoms with Crippen molar-refractivity contribution in [1.82, 2.24) is 10.6 Å². The van der Waals surface area contributed by atoms with E-state index in [4.69, 9.17) is 17.0 Å². The molecule has 0 aliphatic carbocycles. The van der Waals surface area contributed by atoms with Crippen LogP contribution in [0.2, 0.25) is 0 Å². The van der Waals surface area contributed by atoms with Crippen molar-refractivity contribution in [2.24, 2.45) is 0 Å². The Morgan fingerprint density at radius 3 is 2.94 bits per heavy atom. The van der Waals surface area contributed by atoms with E-state index >= 15 is 0 Å². The van der Waals surface area contributed by atoms with Crippen molar-refractivity contribution in [2.75, 3.05) is 6.61 Å². The molecular formula is C13H18N2OS. The highest BCUT2D eigenvalue weighted by atomic mass is 32.1. The average molecular weight is 250 g/mol. The molecule has 1 atom stereocenters. The van der Waals surface area contributed by atoms with Crippen LogP contribution in [0.15, 0.2) is 24.3 Å². The molecule has 4 heteroatoms. The van der Waals surface area contributed by atoms with Crippen molar-refractivity contribution in [3.05, 3.63) is 29.8 Å². The number of para-hydroxylation sites is 1. The summed E-state index contributed by atoms with van der Waals surface area (Å²) in [6, 6.07) is 8.71. The quantitative estimate of drug-likeness (QED) is 0.790. The molecular weight excluding hydrogens is 232 g/mol. The Labute approximate surface area is 108 Å². The first-order valence-corrected chi connectivity index (χ1v) is 6.36. The van der Waals surface area contributed by atoms with Crippen LogP contribution in [0.25, 0.3) is 0 Å². The number of thiocarbonyl (C=S) groups is 1. The maximum absolute atomic E-state index is 5.61. The summed E-state index contributed by atoms with van der Waals surface area (Å²) in [5, 5.41) is 7.26. The minimum absolute atomic E-state index is 0.249. The smallest absolute Gasteiger partial charge is 0.166 e.